The van der Waals surface area contributed by atoms with E-state index < -0.39 is 0 Å². The molecule has 3 aromatic rings. The molecule has 7 heteroatoms. The first kappa shape index (κ1) is 21.4. The van der Waals surface area contributed by atoms with E-state index in [9.17, 15) is 9.59 Å². The fraction of sp³-hybridized carbons (Fsp3) is 0.333. The molecule has 2 aromatic carbocycles. The van der Waals surface area contributed by atoms with Crippen LogP contribution < -0.4 is 10.9 Å². The molecule has 4 rings (SSSR count). The van der Waals surface area contributed by atoms with Gasteiger partial charge in [0.2, 0.25) is 0 Å². The van der Waals surface area contributed by atoms with Crippen molar-refractivity contribution in [2.75, 3.05) is 18.5 Å². The van der Waals surface area contributed by atoms with E-state index in [-0.39, 0.29) is 24.2 Å². The van der Waals surface area contributed by atoms with Gasteiger partial charge in [-0.2, -0.15) is 0 Å². The van der Waals surface area contributed by atoms with Crippen LogP contribution in [0.15, 0.2) is 53.3 Å². The molecule has 1 saturated heterocycles. The SMILES string of the molecule is CCc1ccc2[nH]c(=O)c(CN(C[C@H]3CCCO3)C(=O)Nc3ccc(Cl)cc3)cc2c1. The molecule has 0 radical (unpaired) electrons. The summed E-state index contributed by atoms with van der Waals surface area (Å²) in [5.74, 6) is 0. The van der Waals surface area contributed by atoms with Crippen molar-refractivity contribution in [3.8, 4) is 0 Å². The smallest absolute Gasteiger partial charge is 0.322 e. The fourth-order valence-corrected chi connectivity index (χ4v) is 3.96. The van der Waals surface area contributed by atoms with E-state index in [1.165, 1.54) is 5.56 Å². The molecule has 2 amide bonds. The van der Waals surface area contributed by atoms with Crippen LogP contribution in [0.2, 0.25) is 5.02 Å². The van der Waals surface area contributed by atoms with Crippen LogP contribution in [0.5, 0.6) is 0 Å². The van der Waals surface area contributed by atoms with E-state index in [4.69, 9.17) is 16.3 Å². The number of amides is 2. The molecule has 162 valence electrons. The predicted octanol–water partition coefficient (Wildman–Crippen LogP) is 4.96. The van der Waals surface area contributed by atoms with Gasteiger partial charge in [0, 0.05) is 34.9 Å². The maximum Gasteiger partial charge on any atom is 0.322 e. The largest absolute Gasteiger partial charge is 0.376 e. The van der Waals surface area contributed by atoms with Gasteiger partial charge in [-0.25, -0.2) is 4.79 Å². The summed E-state index contributed by atoms with van der Waals surface area (Å²) in [7, 11) is 0. The Hall–Kier alpha value is -2.83. The van der Waals surface area contributed by atoms with E-state index in [0.717, 1.165) is 30.2 Å². The lowest BCUT2D eigenvalue weighted by molar-refractivity contribution is 0.0818. The highest BCUT2D eigenvalue weighted by atomic mass is 35.5. The van der Waals surface area contributed by atoms with Crippen LogP contribution in [-0.2, 0) is 17.7 Å². The minimum Gasteiger partial charge on any atom is -0.376 e. The van der Waals surface area contributed by atoms with Crippen LogP contribution in [0.3, 0.4) is 0 Å². The lowest BCUT2D eigenvalue weighted by Crippen LogP contribution is -2.40. The molecule has 2 heterocycles. The van der Waals surface area contributed by atoms with Gasteiger partial charge in [0.15, 0.2) is 0 Å². The Bertz CT molecular complexity index is 1120. The summed E-state index contributed by atoms with van der Waals surface area (Å²) in [6, 6.07) is 14.6. The Balaban J connectivity index is 1.60. The number of rotatable bonds is 6. The third-order valence-corrected chi connectivity index (χ3v) is 5.84. The lowest BCUT2D eigenvalue weighted by atomic mass is 10.1. The maximum absolute atomic E-state index is 13.1. The third-order valence-electron chi connectivity index (χ3n) is 5.59. The Labute approximate surface area is 186 Å². The van der Waals surface area contributed by atoms with Crippen LogP contribution in [0, 0.1) is 0 Å². The topological polar surface area (TPSA) is 74.4 Å². The molecule has 2 N–H and O–H groups in total. The number of carbonyl (C=O) groups excluding carboxylic acids is 1. The van der Waals surface area contributed by atoms with Crippen LogP contribution in [0.1, 0.15) is 30.9 Å². The normalized spacial score (nSPS) is 15.9. The number of hydrogen-bond donors (Lipinski definition) is 2. The fourth-order valence-electron chi connectivity index (χ4n) is 3.83. The molecule has 1 aliphatic rings. The number of aromatic amines is 1. The Morgan fingerprint density at radius 2 is 2.03 bits per heavy atom. The number of nitrogens with zero attached hydrogens (tertiary/aromatic N) is 1. The summed E-state index contributed by atoms with van der Waals surface area (Å²) in [5.41, 5.74) is 2.99. The third kappa shape index (κ3) is 5.27. The quantitative estimate of drug-likeness (QED) is 0.570. The van der Waals surface area contributed by atoms with Crippen molar-refractivity contribution in [3.05, 3.63) is 75.0 Å². The summed E-state index contributed by atoms with van der Waals surface area (Å²) in [6.45, 7) is 3.42. The van der Waals surface area contributed by atoms with Gasteiger partial charge < -0.3 is 19.9 Å². The Kier molecular flexibility index (Phi) is 6.59. The molecule has 1 aliphatic heterocycles. The van der Waals surface area contributed by atoms with Crippen molar-refractivity contribution in [2.45, 2.75) is 38.8 Å². The molecule has 1 atom stereocenters. The van der Waals surface area contributed by atoms with Crippen LogP contribution >= 0.6 is 11.6 Å². The number of pyridine rings is 1. The molecule has 6 nitrogen and oxygen atoms in total. The lowest BCUT2D eigenvalue weighted by Gasteiger charge is -2.25. The summed E-state index contributed by atoms with van der Waals surface area (Å²) in [4.78, 5) is 30.4. The molecule has 1 aromatic heterocycles. The minimum atomic E-state index is -0.278. The highest BCUT2D eigenvalue weighted by Gasteiger charge is 2.24. The molecule has 0 unspecified atom stereocenters. The second-order valence-corrected chi connectivity index (χ2v) is 8.29. The van der Waals surface area contributed by atoms with Gasteiger partial charge in [0.05, 0.1) is 12.6 Å². The minimum absolute atomic E-state index is 0.0257. The van der Waals surface area contributed by atoms with E-state index in [1.54, 1.807) is 29.2 Å². The highest BCUT2D eigenvalue weighted by molar-refractivity contribution is 6.30. The standard InChI is InChI=1S/C24H26ClN3O3/c1-2-16-5-10-22-17(12-16)13-18(23(29)27-22)14-28(15-21-4-3-11-31-21)24(30)26-20-8-6-19(25)7-9-20/h5-10,12-13,21H,2-4,11,14-15H2,1H3,(H,26,30)(H,27,29)/t21-/m1/s1. The number of aryl methyl sites for hydroxylation is 1. The van der Waals surface area contributed by atoms with Crippen molar-refractivity contribution in [1.29, 1.82) is 0 Å². The number of anilines is 1. The summed E-state index contributed by atoms with van der Waals surface area (Å²) >= 11 is 5.94. The molecular formula is C24H26ClN3O3. The van der Waals surface area contributed by atoms with E-state index in [0.29, 0.717) is 29.4 Å². The zero-order chi connectivity index (χ0) is 21.8. The predicted molar refractivity (Wildman–Crippen MR) is 124 cm³/mol. The van der Waals surface area contributed by atoms with E-state index >= 15 is 0 Å². The van der Waals surface area contributed by atoms with Crippen LogP contribution in [-0.4, -0.2) is 35.2 Å². The number of nitrogens with one attached hydrogen (secondary N) is 2. The van der Waals surface area contributed by atoms with Crippen LogP contribution in [0.25, 0.3) is 10.9 Å². The van der Waals surface area contributed by atoms with Gasteiger partial charge in [-0.05, 0) is 72.7 Å². The van der Waals surface area contributed by atoms with Gasteiger partial charge in [-0.15, -0.1) is 0 Å². The highest BCUT2D eigenvalue weighted by Crippen LogP contribution is 2.19. The zero-order valence-electron chi connectivity index (χ0n) is 17.5. The molecule has 1 fully saturated rings. The first-order valence-corrected chi connectivity index (χ1v) is 11.0. The number of carbonyl (C=O) groups is 1. The zero-order valence-corrected chi connectivity index (χ0v) is 18.2. The van der Waals surface area contributed by atoms with Crippen molar-refractivity contribution < 1.29 is 9.53 Å². The number of ether oxygens (including phenoxy) is 1. The van der Waals surface area contributed by atoms with Gasteiger partial charge in [-0.3, -0.25) is 4.79 Å². The van der Waals surface area contributed by atoms with Gasteiger partial charge in [-0.1, -0.05) is 24.6 Å². The first-order chi connectivity index (χ1) is 15.0. The molecule has 0 aliphatic carbocycles. The molecule has 0 bridgehead atoms. The number of H-pyrrole nitrogens is 1. The maximum atomic E-state index is 13.1. The Morgan fingerprint density at radius 1 is 1.23 bits per heavy atom. The summed E-state index contributed by atoms with van der Waals surface area (Å²) in [5, 5.41) is 4.46. The number of benzene rings is 2. The average molecular weight is 440 g/mol. The number of fused-ring (bicyclic) bond motifs is 1. The van der Waals surface area contributed by atoms with Crippen molar-refractivity contribution in [1.82, 2.24) is 9.88 Å². The number of hydrogen-bond acceptors (Lipinski definition) is 3. The number of aromatic nitrogens is 1. The molecular weight excluding hydrogens is 414 g/mol. The Morgan fingerprint density at radius 3 is 2.74 bits per heavy atom. The van der Waals surface area contributed by atoms with Crippen molar-refractivity contribution in [3.63, 3.8) is 0 Å². The number of halogens is 1. The van der Waals surface area contributed by atoms with E-state index in [2.05, 4.69) is 23.3 Å². The van der Waals surface area contributed by atoms with Gasteiger partial charge in [0.1, 0.15) is 0 Å². The second kappa shape index (κ2) is 9.54. The second-order valence-electron chi connectivity index (χ2n) is 7.85. The molecule has 31 heavy (non-hydrogen) atoms. The molecule has 0 spiro atoms. The summed E-state index contributed by atoms with van der Waals surface area (Å²) in [6.07, 6.45) is 2.77. The van der Waals surface area contributed by atoms with E-state index in [1.807, 2.05) is 18.2 Å². The van der Waals surface area contributed by atoms with Crippen molar-refractivity contribution in [2.24, 2.45) is 0 Å². The average Bonchev–Trinajstić information content (AvgIpc) is 3.28. The molecule has 0 saturated carbocycles. The van der Waals surface area contributed by atoms with Crippen molar-refractivity contribution >= 4 is 34.2 Å². The summed E-state index contributed by atoms with van der Waals surface area (Å²) < 4.78 is 5.74. The first-order valence-electron chi connectivity index (χ1n) is 10.6. The van der Waals surface area contributed by atoms with Gasteiger partial charge in [0.25, 0.3) is 5.56 Å². The van der Waals surface area contributed by atoms with Gasteiger partial charge >= 0.3 is 6.03 Å². The van der Waals surface area contributed by atoms with Crippen LogP contribution in [0.4, 0.5) is 10.5 Å². The number of urea groups is 1. The monoisotopic (exact) mass is 439 g/mol.